The molecule has 0 radical (unpaired) electrons. The minimum atomic E-state index is -0.0715. The van der Waals surface area contributed by atoms with Crippen molar-refractivity contribution in [3.8, 4) is 5.75 Å². The topological polar surface area (TPSA) is 52.9 Å². The fraction of sp³-hybridized carbons (Fsp3) is 0.0833. The zero-order valence-electron chi connectivity index (χ0n) is 16.5. The molecule has 0 aliphatic carbocycles. The van der Waals surface area contributed by atoms with Gasteiger partial charge in [0.25, 0.3) is 5.91 Å². The largest absolute Gasteiger partial charge is 0.506 e. The third-order valence-corrected chi connectivity index (χ3v) is 7.32. The summed E-state index contributed by atoms with van der Waals surface area (Å²) in [5.74, 6) is 0.193. The van der Waals surface area contributed by atoms with Gasteiger partial charge >= 0.3 is 0 Å². The number of aromatic hydroxyl groups is 1. The van der Waals surface area contributed by atoms with Gasteiger partial charge in [-0.2, -0.15) is 0 Å². The smallest absolute Gasteiger partial charge is 0.267 e. The van der Waals surface area contributed by atoms with Crippen LogP contribution in [0.2, 0.25) is 0 Å². The van der Waals surface area contributed by atoms with E-state index < -0.39 is 0 Å². The summed E-state index contributed by atoms with van der Waals surface area (Å²) in [7, 11) is 0. The standard InChI is InChI=1S/C24H18I2N2O2S/c1-15-7-9-18(10-8-15)27-24-28(14-16-5-3-2-4-6-16)23(30)21(31-24)13-17-11-19(25)22(29)20(26)12-17/h2-13,29H,14H2,1H3/b21-13+,27-24?. The van der Waals surface area contributed by atoms with Crippen LogP contribution in [0.15, 0.2) is 76.6 Å². The second-order valence-electron chi connectivity index (χ2n) is 7.05. The fourth-order valence-electron chi connectivity index (χ4n) is 3.05. The molecule has 0 atom stereocenters. The molecule has 0 unspecified atom stereocenters. The van der Waals surface area contributed by atoms with Crippen LogP contribution in [-0.2, 0) is 11.3 Å². The van der Waals surface area contributed by atoms with E-state index >= 15 is 0 Å². The normalized spacial score (nSPS) is 16.5. The maximum Gasteiger partial charge on any atom is 0.267 e. The van der Waals surface area contributed by atoms with E-state index in [1.165, 1.54) is 11.8 Å². The third kappa shape index (κ3) is 5.32. The number of hydrogen-bond acceptors (Lipinski definition) is 4. The number of thioether (sulfide) groups is 1. The van der Waals surface area contributed by atoms with E-state index in [1.54, 1.807) is 4.90 Å². The van der Waals surface area contributed by atoms with Gasteiger partial charge in [0.1, 0.15) is 5.75 Å². The lowest BCUT2D eigenvalue weighted by Gasteiger charge is -2.15. The van der Waals surface area contributed by atoms with E-state index in [-0.39, 0.29) is 11.7 Å². The van der Waals surface area contributed by atoms with E-state index in [0.29, 0.717) is 16.6 Å². The molecule has 1 aliphatic rings. The number of phenolic OH excluding ortho intramolecular Hbond substituents is 1. The number of amidine groups is 1. The van der Waals surface area contributed by atoms with Gasteiger partial charge in [0.2, 0.25) is 0 Å². The van der Waals surface area contributed by atoms with Crippen molar-refractivity contribution in [3.05, 3.63) is 95.5 Å². The van der Waals surface area contributed by atoms with Gasteiger partial charge in [0, 0.05) is 0 Å². The quantitative estimate of drug-likeness (QED) is 0.252. The number of amides is 1. The summed E-state index contributed by atoms with van der Waals surface area (Å²) in [6.07, 6.45) is 1.87. The molecule has 156 valence electrons. The monoisotopic (exact) mass is 652 g/mol. The van der Waals surface area contributed by atoms with Crippen LogP contribution in [0.3, 0.4) is 0 Å². The SMILES string of the molecule is Cc1ccc(N=C2S/C(=C/c3cc(I)c(O)c(I)c3)C(=O)N2Cc2ccccc2)cc1. The van der Waals surface area contributed by atoms with Gasteiger partial charge in [-0.25, -0.2) is 4.99 Å². The predicted molar refractivity (Wildman–Crippen MR) is 144 cm³/mol. The molecule has 0 spiro atoms. The number of phenols is 1. The van der Waals surface area contributed by atoms with Crippen LogP contribution >= 0.6 is 56.9 Å². The second kappa shape index (κ2) is 9.74. The van der Waals surface area contributed by atoms with Gasteiger partial charge in [-0.05, 0) is 105 Å². The molecule has 0 aromatic heterocycles. The zero-order chi connectivity index (χ0) is 22.0. The van der Waals surface area contributed by atoms with E-state index in [1.807, 2.05) is 79.7 Å². The Balaban J connectivity index is 1.72. The van der Waals surface area contributed by atoms with E-state index in [2.05, 4.69) is 45.2 Å². The molecule has 31 heavy (non-hydrogen) atoms. The molecule has 4 rings (SSSR count). The first-order valence-electron chi connectivity index (χ1n) is 9.49. The molecule has 1 amide bonds. The van der Waals surface area contributed by atoms with Gasteiger partial charge < -0.3 is 5.11 Å². The highest BCUT2D eigenvalue weighted by Gasteiger charge is 2.33. The summed E-state index contributed by atoms with van der Waals surface area (Å²) in [4.78, 5) is 20.4. The number of rotatable bonds is 4. The Morgan fingerprint density at radius 3 is 2.32 bits per heavy atom. The average molecular weight is 652 g/mol. The molecular formula is C24H18I2N2O2S. The highest BCUT2D eigenvalue weighted by atomic mass is 127. The lowest BCUT2D eigenvalue weighted by molar-refractivity contribution is -0.122. The summed E-state index contributed by atoms with van der Waals surface area (Å²) in [5.41, 5.74) is 3.90. The second-order valence-corrected chi connectivity index (χ2v) is 10.4. The minimum absolute atomic E-state index is 0.0715. The van der Waals surface area contributed by atoms with Crippen LogP contribution in [0.5, 0.6) is 5.75 Å². The summed E-state index contributed by atoms with van der Waals surface area (Å²) in [6, 6.07) is 21.6. The number of carbonyl (C=O) groups is 1. The number of nitrogens with zero attached hydrogens (tertiary/aromatic N) is 2. The Morgan fingerprint density at radius 2 is 1.68 bits per heavy atom. The van der Waals surface area contributed by atoms with Crippen molar-refractivity contribution in [2.45, 2.75) is 13.5 Å². The van der Waals surface area contributed by atoms with Crippen LogP contribution in [0.4, 0.5) is 5.69 Å². The molecule has 7 heteroatoms. The van der Waals surface area contributed by atoms with Crippen LogP contribution < -0.4 is 0 Å². The lowest BCUT2D eigenvalue weighted by Crippen LogP contribution is -2.28. The van der Waals surface area contributed by atoms with Crippen LogP contribution in [0.1, 0.15) is 16.7 Å². The van der Waals surface area contributed by atoms with Crippen LogP contribution in [-0.4, -0.2) is 21.1 Å². The Bertz CT molecular complexity index is 1170. The van der Waals surface area contributed by atoms with E-state index in [0.717, 1.165) is 29.5 Å². The minimum Gasteiger partial charge on any atom is -0.506 e. The Hall–Kier alpha value is -1.85. The number of aryl methyl sites for hydroxylation is 1. The van der Waals surface area contributed by atoms with Gasteiger partial charge in [0.05, 0.1) is 24.3 Å². The number of aliphatic imine (C=N–C) groups is 1. The first kappa shape index (κ1) is 22.3. The molecule has 0 bridgehead atoms. The number of carbonyl (C=O) groups excluding carboxylic acids is 1. The molecule has 1 saturated heterocycles. The van der Waals surface area contributed by atoms with Crippen LogP contribution in [0, 0.1) is 14.1 Å². The first-order valence-corrected chi connectivity index (χ1v) is 12.5. The molecular weight excluding hydrogens is 634 g/mol. The average Bonchev–Trinajstić information content (AvgIpc) is 3.03. The zero-order valence-corrected chi connectivity index (χ0v) is 21.7. The summed E-state index contributed by atoms with van der Waals surface area (Å²) < 4.78 is 1.50. The number of hydrogen-bond donors (Lipinski definition) is 1. The molecule has 1 aliphatic heterocycles. The van der Waals surface area contributed by atoms with Crippen LogP contribution in [0.25, 0.3) is 6.08 Å². The molecule has 3 aromatic carbocycles. The third-order valence-electron chi connectivity index (χ3n) is 4.67. The van der Waals surface area contributed by atoms with Gasteiger partial charge in [-0.3, -0.25) is 9.69 Å². The highest BCUT2D eigenvalue weighted by Crippen LogP contribution is 2.36. The predicted octanol–water partition coefficient (Wildman–Crippen LogP) is 6.71. The highest BCUT2D eigenvalue weighted by molar-refractivity contribution is 14.1. The molecule has 3 aromatic rings. The van der Waals surface area contributed by atoms with Crippen molar-refractivity contribution in [1.82, 2.24) is 4.90 Å². The number of halogens is 2. The summed E-state index contributed by atoms with van der Waals surface area (Å²) in [5, 5.41) is 10.7. The van der Waals surface area contributed by atoms with Gasteiger partial charge in [-0.15, -0.1) is 0 Å². The maximum absolute atomic E-state index is 13.3. The molecule has 1 fully saturated rings. The summed E-state index contributed by atoms with van der Waals surface area (Å²) >= 11 is 5.57. The van der Waals surface area contributed by atoms with Gasteiger partial charge in [0.15, 0.2) is 5.17 Å². The molecule has 4 nitrogen and oxygen atoms in total. The van der Waals surface area contributed by atoms with Gasteiger partial charge in [-0.1, -0.05) is 48.0 Å². The maximum atomic E-state index is 13.3. The number of benzene rings is 3. The molecule has 1 heterocycles. The molecule has 0 saturated carbocycles. The lowest BCUT2D eigenvalue weighted by atomic mass is 10.2. The van der Waals surface area contributed by atoms with Crippen molar-refractivity contribution in [1.29, 1.82) is 0 Å². The Labute approximate surface area is 212 Å². The van der Waals surface area contributed by atoms with Crippen molar-refractivity contribution >= 4 is 79.8 Å². The van der Waals surface area contributed by atoms with Crippen molar-refractivity contribution in [2.75, 3.05) is 0 Å². The van der Waals surface area contributed by atoms with Crippen molar-refractivity contribution in [2.24, 2.45) is 4.99 Å². The van der Waals surface area contributed by atoms with Crippen molar-refractivity contribution in [3.63, 3.8) is 0 Å². The van der Waals surface area contributed by atoms with E-state index in [9.17, 15) is 9.90 Å². The van der Waals surface area contributed by atoms with Crippen molar-refractivity contribution < 1.29 is 9.90 Å². The summed E-state index contributed by atoms with van der Waals surface area (Å²) in [6.45, 7) is 2.49. The Morgan fingerprint density at radius 1 is 1.03 bits per heavy atom. The first-order chi connectivity index (χ1) is 14.9. The fourth-order valence-corrected chi connectivity index (χ4v) is 5.86. The van der Waals surface area contributed by atoms with E-state index in [4.69, 9.17) is 4.99 Å². The molecule has 1 N–H and O–H groups in total. The Kier molecular flexibility index (Phi) is 7.02.